The molecule has 2 bridgehead atoms. The first kappa shape index (κ1) is 9.95. The molecule has 0 heterocycles. The fourth-order valence-electron chi connectivity index (χ4n) is 4.01. The summed E-state index contributed by atoms with van der Waals surface area (Å²) in [4.78, 5) is 12.1. The number of hydrogen-bond acceptors (Lipinski definition) is 1. The molecular formula is C13H20O. The molecule has 0 spiro atoms. The number of Topliss-reactive ketones (excluding diaryl/α,β-unsaturated/α-hetero) is 1. The Balaban J connectivity index is 2.41. The zero-order valence-corrected chi connectivity index (χ0v) is 9.47. The van der Waals surface area contributed by atoms with E-state index in [-0.39, 0.29) is 10.8 Å². The van der Waals surface area contributed by atoms with Gasteiger partial charge in [-0.3, -0.25) is 4.79 Å². The molecule has 0 aromatic carbocycles. The van der Waals surface area contributed by atoms with Crippen LogP contribution in [-0.4, -0.2) is 5.78 Å². The molecule has 1 nitrogen and oxygen atoms in total. The molecule has 0 aromatic heterocycles. The number of ketones is 1. The Bertz CT molecular complexity index is 290. The van der Waals surface area contributed by atoms with Crippen molar-refractivity contribution in [3.63, 3.8) is 0 Å². The molecule has 3 rings (SSSR count). The molecule has 3 fully saturated rings. The molecule has 0 N–H and O–H groups in total. The lowest BCUT2D eigenvalue weighted by molar-refractivity contribution is -0.196. The normalized spacial score (nSPS) is 44.4. The molecule has 1 unspecified atom stereocenters. The Labute approximate surface area is 86.6 Å². The molecule has 3 aliphatic carbocycles. The first-order chi connectivity index (χ1) is 6.48. The van der Waals surface area contributed by atoms with Crippen LogP contribution < -0.4 is 0 Å². The highest BCUT2D eigenvalue weighted by atomic mass is 16.1. The largest absolute Gasteiger partial charge is 0.299 e. The maximum Gasteiger partial charge on any atom is 0.143 e. The minimum atomic E-state index is -0.0718. The minimum absolute atomic E-state index is 0.0718. The van der Waals surface area contributed by atoms with Gasteiger partial charge in [-0.05, 0) is 30.6 Å². The van der Waals surface area contributed by atoms with Gasteiger partial charge in [-0.2, -0.15) is 0 Å². The van der Waals surface area contributed by atoms with Crippen LogP contribution in [0.2, 0.25) is 0 Å². The summed E-state index contributed by atoms with van der Waals surface area (Å²) in [6.45, 7) is 10.6. The monoisotopic (exact) mass is 192 g/mol. The van der Waals surface area contributed by atoms with Gasteiger partial charge in [-0.25, -0.2) is 0 Å². The molecule has 0 aliphatic heterocycles. The second kappa shape index (κ2) is 2.71. The third kappa shape index (κ3) is 0.796. The van der Waals surface area contributed by atoms with Gasteiger partial charge in [0.25, 0.3) is 0 Å². The standard InChI is InChI=1S/C13H20O/c1-5-8-13-9(2)6-7-10(11(13)14)12(13,3)4/h5,9-10H,1,6-8H2,2-4H3/t9?,10-,13+/m0/s1. The number of fused-ring (bicyclic) bond motifs is 2. The Kier molecular flexibility index (Phi) is 1.93. The summed E-state index contributed by atoms with van der Waals surface area (Å²) in [7, 11) is 0. The van der Waals surface area contributed by atoms with Crippen LogP contribution in [-0.2, 0) is 4.79 Å². The summed E-state index contributed by atoms with van der Waals surface area (Å²) in [6, 6.07) is 0. The van der Waals surface area contributed by atoms with Crippen molar-refractivity contribution in [2.24, 2.45) is 22.7 Å². The van der Waals surface area contributed by atoms with E-state index in [1.54, 1.807) is 0 Å². The minimum Gasteiger partial charge on any atom is -0.299 e. The summed E-state index contributed by atoms with van der Waals surface area (Å²) in [5.74, 6) is 1.38. The smallest absolute Gasteiger partial charge is 0.143 e. The van der Waals surface area contributed by atoms with E-state index in [1.165, 1.54) is 6.42 Å². The predicted octanol–water partition coefficient (Wildman–Crippen LogP) is 3.20. The van der Waals surface area contributed by atoms with Gasteiger partial charge < -0.3 is 0 Å². The number of rotatable bonds is 2. The van der Waals surface area contributed by atoms with Crippen LogP contribution in [0.4, 0.5) is 0 Å². The number of hydrogen-bond donors (Lipinski definition) is 0. The Morgan fingerprint density at radius 3 is 2.57 bits per heavy atom. The molecule has 3 atom stereocenters. The number of allylic oxidation sites excluding steroid dienone is 1. The fraction of sp³-hybridized carbons (Fsp3) is 0.769. The molecule has 3 saturated carbocycles. The Hall–Kier alpha value is -0.590. The Morgan fingerprint density at radius 2 is 2.14 bits per heavy atom. The van der Waals surface area contributed by atoms with Crippen LogP contribution in [0, 0.1) is 22.7 Å². The summed E-state index contributed by atoms with van der Waals surface area (Å²) < 4.78 is 0. The lowest BCUT2D eigenvalue weighted by Crippen LogP contribution is -2.69. The predicted molar refractivity (Wildman–Crippen MR) is 57.9 cm³/mol. The van der Waals surface area contributed by atoms with Gasteiger partial charge >= 0.3 is 0 Å². The van der Waals surface area contributed by atoms with Crippen molar-refractivity contribution in [3.05, 3.63) is 12.7 Å². The number of carbonyl (C=O) groups is 1. The second-order valence-corrected chi connectivity index (χ2v) is 5.58. The van der Waals surface area contributed by atoms with Crippen LogP contribution in [0.1, 0.15) is 40.0 Å². The van der Waals surface area contributed by atoms with Gasteiger partial charge in [0.2, 0.25) is 0 Å². The maximum atomic E-state index is 12.1. The molecular weight excluding hydrogens is 172 g/mol. The van der Waals surface area contributed by atoms with Crippen molar-refractivity contribution in [3.8, 4) is 0 Å². The van der Waals surface area contributed by atoms with Crippen LogP contribution in [0.5, 0.6) is 0 Å². The van der Waals surface area contributed by atoms with Gasteiger partial charge in [-0.1, -0.05) is 26.8 Å². The summed E-state index contributed by atoms with van der Waals surface area (Å²) >= 11 is 0. The maximum absolute atomic E-state index is 12.1. The Morgan fingerprint density at radius 1 is 1.50 bits per heavy atom. The van der Waals surface area contributed by atoms with Crippen molar-refractivity contribution in [2.45, 2.75) is 40.0 Å². The van der Waals surface area contributed by atoms with Crippen LogP contribution in [0.3, 0.4) is 0 Å². The van der Waals surface area contributed by atoms with Crippen molar-refractivity contribution in [1.29, 1.82) is 0 Å². The van der Waals surface area contributed by atoms with Crippen molar-refractivity contribution in [1.82, 2.24) is 0 Å². The zero-order chi connectivity index (χ0) is 10.6. The molecule has 0 radical (unpaired) electrons. The SMILES string of the molecule is C=CC[C@]12C(=O)[C@H](CCC1C)C2(C)C. The highest BCUT2D eigenvalue weighted by molar-refractivity contribution is 5.96. The topological polar surface area (TPSA) is 17.1 Å². The van der Waals surface area contributed by atoms with E-state index in [0.717, 1.165) is 12.8 Å². The average Bonchev–Trinajstić information content (AvgIpc) is 2.11. The molecule has 0 aromatic rings. The molecule has 0 amide bonds. The van der Waals surface area contributed by atoms with E-state index >= 15 is 0 Å². The molecule has 78 valence electrons. The van der Waals surface area contributed by atoms with Gasteiger partial charge in [0.05, 0.1) is 0 Å². The highest BCUT2D eigenvalue weighted by Gasteiger charge is 2.70. The van der Waals surface area contributed by atoms with E-state index in [1.807, 2.05) is 6.08 Å². The summed E-state index contributed by atoms with van der Waals surface area (Å²) in [5.41, 5.74) is 0.133. The van der Waals surface area contributed by atoms with E-state index in [2.05, 4.69) is 27.4 Å². The molecule has 0 saturated heterocycles. The van der Waals surface area contributed by atoms with E-state index in [4.69, 9.17) is 0 Å². The van der Waals surface area contributed by atoms with Crippen LogP contribution in [0.15, 0.2) is 12.7 Å². The van der Waals surface area contributed by atoms with Gasteiger partial charge in [0, 0.05) is 11.3 Å². The lowest BCUT2D eigenvalue weighted by Gasteiger charge is -2.66. The molecule has 14 heavy (non-hydrogen) atoms. The zero-order valence-electron chi connectivity index (χ0n) is 9.47. The highest BCUT2D eigenvalue weighted by Crippen LogP contribution is 2.68. The van der Waals surface area contributed by atoms with Gasteiger partial charge in [0.1, 0.15) is 5.78 Å². The van der Waals surface area contributed by atoms with Gasteiger partial charge in [0.15, 0.2) is 0 Å². The first-order valence-corrected chi connectivity index (χ1v) is 5.63. The van der Waals surface area contributed by atoms with Crippen molar-refractivity contribution in [2.75, 3.05) is 0 Å². The first-order valence-electron chi connectivity index (χ1n) is 5.63. The summed E-state index contributed by atoms with van der Waals surface area (Å²) in [5, 5.41) is 0. The average molecular weight is 192 g/mol. The van der Waals surface area contributed by atoms with E-state index in [0.29, 0.717) is 17.6 Å². The van der Waals surface area contributed by atoms with E-state index < -0.39 is 0 Å². The van der Waals surface area contributed by atoms with Crippen molar-refractivity contribution >= 4 is 5.78 Å². The molecule has 3 aliphatic rings. The molecule has 1 heteroatoms. The van der Waals surface area contributed by atoms with Crippen LogP contribution in [0.25, 0.3) is 0 Å². The van der Waals surface area contributed by atoms with E-state index in [9.17, 15) is 4.79 Å². The summed E-state index contributed by atoms with van der Waals surface area (Å²) in [6.07, 6.45) is 5.12. The van der Waals surface area contributed by atoms with Gasteiger partial charge in [-0.15, -0.1) is 6.58 Å². The lowest BCUT2D eigenvalue weighted by atomic mass is 9.35. The van der Waals surface area contributed by atoms with Crippen molar-refractivity contribution < 1.29 is 4.79 Å². The number of carbonyl (C=O) groups excluding carboxylic acids is 1. The second-order valence-electron chi connectivity index (χ2n) is 5.58. The third-order valence-electron chi connectivity index (χ3n) is 4.97. The third-order valence-corrected chi connectivity index (χ3v) is 4.97. The van der Waals surface area contributed by atoms with Crippen LogP contribution >= 0.6 is 0 Å². The fourth-order valence-corrected chi connectivity index (χ4v) is 4.01. The quantitative estimate of drug-likeness (QED) is 0.614.